The predicted octanol–water partition coefficient (Wildman–Crippen LogP) is -2.89. The zero-order valence-electron chi connectivity index (χ0n) is 20.7. The number of benzene rings is 1. The summed E-state index contributed by atoms with van der Waals surface area (Å²) in [6.07, 6.45) is -24.7. The molecule has 41 heavy (non-hydrogen) atoms. The van der Waals surface area contributed by atoms with Gasteiger partial charge in [0.1, 0.15) is 36.6 Å². The molecule has 19 heteroatoms. The second-order valence-electron chi connectivity index (χ2n) is 9.43. The van der Waals surface area contributed by atoms with Gasteiger partial charge in [0.25, 0.3) is 5.91 Å². The molecule has 9 N–H and O–H groups in total. The Balaban J connectivity index is 1.32. The molecule has 10 atom stereocenters. The number of amides is 1. The summed E-state index contributed by atoms with van der Waals surface area (Å²) in [5.41, 5.74) is -2.33. The van der Waals surface area contributed by atoms with Gasteiger partial charge in [0.2, 0.25) is 0 Å². The van der Waals surface area contributed by atoms with E-state index in [0.717, 1.165) is 0 Å². The van der Waals surface area contributed by atoms with Crippen LogP contribution in [0.1, 0.15) is 5.56 Å². The minimum absolute atomic E-state index is 0.0459. The minimum atomic E-state index is -4.67. The lowest BCUT2D eigenvalue weighted by Crippen LogP contribution is -2.66. The van der Waals surface area contributed by atoms with E-state index in [1.807, 2.05) is 0 Å². The van der Waals surface area contributed by atoms with Gasteiger partial charge >= 0.3 is 17.8 Å². The maximum atomic E-state index is 13.1. The number of ether oxygens (including phenoxy) is 3. The van der Waals surface area contributed by atoms with Crippen molar-refractivity contribution in [3.8, 4) is 0 Å². The van der Waals surface area contributed by atoms with Crippen LogP contribution in [0.25, 0.3) is 0 Å². The lowest BCUT2D eigenvalue weighted by Gasteiger charge is -2.44. The Hall–Kier alpha value is -3.01. The number of carbonyl (C=O) groups is 2. The first-order chi connectivity index (χ1) is 19.2. The molecule has 3 heterocycles. The number of nitrogens with zero attached hydrogens (tertiary/aromatic N) is 2. The van der Waals surface area contributed by atoms with E-state index < -0.39 is 85.1 Å². The monoisotopic (exact) mass is 596 g/mol. The topological polar surface area (TPSA) is 252 Å². The number of carbonyl (C=O) groups excluding carboxylic acids is 1. The van der Waals surface area contributed by atoms with E-state index in [1.54, 1.807) is 0 Å². The average molecular weight is 596 g/mol. The van der Waals surface area contributed by atoms with Gasteiger partial charge in [-0.3, -0.25) is 4.79 Å². The molecule has 2 fully saturated rings. The van der Waals surface area contributed by atoms with Crippen molar-refractivity contribution in [2.24, 2.45) is 10.2 Å². The second-order valence-corrected chi connectivity index (χ2v) is 9.43. The largest absolute Gasteiger partial charge is 0.479 e. The number of aliphatic carboxylic acids is 1. The molecule has 3 aliphatic rings. The zero-order chi connectivity index (χ0) is 30.3. The molecular weight excluding hydrogens is 569 g/mol. The van der Waals surface area contributed by atoms with E-state index >= 15 is 0 Å². The number of aliphatic hydroxyl groups is 6. The van der Waals surface area contributed by atoms with Gasteiger partial charge in [-0.2, -0.15) is 13.2 Å². The van der Waals surface area contributed by atoms with Crippen LogP contribution in [0.5, 0.6) is 0 Å². The lowest BCUT2D eigenvalue weighted by molar-refractivity contribution is -0.345. The van der Waals surface area contributed by atoms with Gasteiger partial charge in [0, 0.05) is 24.3 Å². The quantitative estimate of drug-likeness (QED) is 0.130. The number of aliphatic hydroxyl groups excluding tert-OH is 6. The van der Waals surface area contributed by atoms with Gasteiger partial charge in [-0.1, -0.05) is 12.1 Å². The van der Waals surface area contributed by atoms with Gasteiger partial charge in [-0.15, -0.1) is 10.2 Å². The molecule has 4 unspecified atom stereocenters. The molecule has 4 rings (SSSR count). The minimum Gasteiger partial charge on any atom is -0.479 e. The van der Waals surface area contributed by atoms with Crippen molar-refractivity contribution < 1.29 is 72.7 Å². The molecule has 1 aromatic carbocycles. The van der Waals surface area contributed by atoms with Gasteiger partial charge in [-0.05, 0) is 12.1 Å². The number of halogens is 3. The van der Waals surface area contributed by atoms with Crippen molar-refractivity contribution in [3.63, 3.8) is 0 Å². The number of carboxylic acid groups (broad SMARTS) is 1. The molecule has 0 spiro atoms. The fourth-order valence-corrected chi connectivity index (χ4v) is 4.29. The number of anilines is 1. The maximum Gasteiger partial charge on any atom is 0.442 e. The summed E-state index contributed by atoms with van der Waals surface area (Å²) in [6, 6.07) is 5.09. The lowest BCUT2D eigenvalue weighted by atomic mass is 9.96. The van der Waals surface area contributed by atoms with E-state index in [9.17, 15) is 58.5 Å². The summed E-state index contributed by atoms with van der Waals surface area (Å²) in [5, 5.41) is 81.1. The summed E-state index contributed by atoms with van der Waals surface area (Å²) < 4.78 is 54.5. The second kappa shape index (κ2) is 11.7. The molecule has 0 aromatic heterocycles. The number of carboxylic acids is 1. The zero-order valence-corrected chi connectivity index (χ0v) is 20.7. The van der Waals surface area contributed by atoms with Crippen LogP contribution in [-0.4, -0.2) is 128 Å². The van der Waals surface area contributed by atoms with Gasteiger partial charge in [-0.25, -0.2) is 4.79 Å². The normalized spacial score (nSPS) is 36.4. The van der Waals surface area contributed by atoms with Crippen LogP contribution in [0.15, 0.2) is 34.5 Å². The van der Waals surface area contributed by atoms with Crippen molar-refractivity contribution in [1.82, 2.24) is 5.32 Å². The van der Waals surface area contributed by atoms with Crippen molar-refractivity contribution in [2.75, 3.05) is 18.4 Å². The molecule has 0 bridgehead atoms. The van der Waals surface area contributed by atoms with Crippen molar-refractivity contribution in [3.05, 3.63) is 29.8 Å². The first kappa shape index (κ1) is 30.9. The molecular formula is C22H27F3N4O12. The van der Waals surface area contributed by atoms with Gasteiger partial charge < -0.3 is 60.6 Å². The Labute approximate surface area is 228 Å². The molecule has 1 amide bonds. The Bertz CT molecular complexity index is 1140. The molecule has 228 valence electrons. The van der Waals surface area contributed by atoms with E-state index in [0.29, 0.717) is 5.69 Å². The number of alkyl halides is 3. The SMILES string of the molecule is O=C(NCCNc1ccc(C2(C(F)(F)F)N=N2)cc1)[C@H]1OC(OC2[C@@H](C(=O)O)OC(O)[C@@H](O)[C@@H]2O)[C@@H](O)[C@H](O)C1O. The standard InChI is InChI=1S/C22H27F3N4O12/c23-22(24,25)21(28-29-21)7-1-3-8(4-2-7)26-5-6-27-17(35)15-10(31)9(30)13(34)20(41-15)40-14-11(32)12(33)19(38)39-16(14)18(36)37/h1-4,9-16,19-20,26,30-34,38H,5-6H2,(H,27,35)(H,36,37)/t9-,10?,11+,12+,13+,14?,15+,16+,19?,20?/m1/s1. The number of nitrogens with one attached hydrogen (secondary N) is 2. The highest BCUT2D eigenvalue weighted by molar-refractivity contribution is 5.81. The van der Waals surface area contributed by atoms with Crippen LogP contribution >= 0.6 is 0 Å². The van der Waals surface area contributed by atoms with Crippen LogP contribution in [-0.2, 0) is 29.5 Å². The third-order valence-corrected chi connectivity index (χ3v) is 6.66. The van der Waals surface area contributed by atoms with Gasteiger partial charge in [0.15, 0.2) is 24.8 Å². The molecule has 1 aromatic rings. The molecule has 2 saturated heterocycles. The average Bonchev–Trinajstić information content (AvgIpc) is 3.74. The molecule has 0 saturated carbocycles. The molecule has 3 aliphatic heterocycles. The van der Waals surface area contributed by atoms with Crippen molar-refractivity contribution in [1.29, 1.82) is 0 Å². The summed E-state index contributed by atoms with van der Waals surface area (Å²) in [4.78, 5) is 24.2. The predicted molar refractivity (Wildman–Crippen MR) is 123 cm³/mol. The van der Waals surface area contributed by atoms with E-state index in [4.69, 9.17) is 14.2 Å². The highest BCUT2D eigenvalue weighted by atomic mass is 19.4. The Morgan fingerprint density at radius 2 is 1.51 bits per heavy atom. The van der Waals surface area contributed by atoms with Crippen LogP contribution in [0, 0.1) is 0 Å². The third-order valence-electron chi connectivity index (χ3n) is 6.66. The fourth-order valence-electron chi connectivity index (χ4n) is 4.29. The summed E-state index contributed by atoms with van der Waals surface area (Å²) >= 11 is 0. The Kier molecular flexibility index (Phi) is 8.83. The van der Waals surface area contributed by atoms with E-state index in [2.05, 4.69) is 20.9 Å². The van der Waals surface area contributed by atoms with Gasteiger partial charge in [0.05, 0.1) is 0 Å². The highest BCUT2D eigenvalue weighted by Gasteiger charge is 2.65. The van der Waals surface area contributed by atoms with Crippen LogP contribution < -0.4 is 10.6 Å². The van der Waals surface area contributed by atoms with Crippen LogP contribution in [0.4, 0.5) is 18.9 Å². The molecule has 0 aliphatic carbocycles. The van der Waals surface area contributed by atoms with E-state index in [1.165, 1.54) is 24.3 Å². The summed E-state index contributed by atoms with van der Waals surface area (Å²) in [5.74, 6) is -2.72. The van der Waals surface area contributed by atoms with Crippen molar-refractivity contribution >= 4 is 17.6 Å². The first-order valence-corrected chi connectivity index (χ1v) is 12.1. The summed E-state index contributed by atoms with van der Waals surface area (Å²) in [6.45, 7) is -0.0703. The first-order valence-electron chi connectivity index (χ1n) is 12.1. The summed E-state index contributed by atoms with van der Waals surface area (Å²) in [7, 11) is 0. The van der Waals surface area contributed by atoms with E-state index in [-0.39, 0.29) is 18.7 Å². The number of hydrogen-bond donors (Lipinski definition) is 9. The number of rotatable bonds is 9. The smallest absolute Gasteiger partial charge is 0.442 e. The highest BCUT2D eigenvalue weighted by Crippen LogP contribution is 2.52. The van der Waals surface area contributed by atoms with Crippen LogP contribution in [0.3, 0.4) is 0 Å². The Morgan fingerprint density at radius 1 is 0.878 bits per heavy atom. The van der Waals surface area contributed by atoms with Crippen molar-refractivity contribution in [2.45, 2.75) is 73.3 Å². The third kappa shape index (κ3) is 6.12. The maximum absolute atomic E-state index is 13.1. The molecule has 16 nitrogen and oxygen atoms in total. The fraction of sp³-hybridized carbons (Fsp3) is 0.636. The van der Waals surface area contributed by atoms with Crippen LogP contribution in [0.2, 0.25) is 0 Å². The molecule has 0 radical (unpaired) electrons. The number of hydrogen-bond acceptors (Lipinski definition) is 14. The Morgan fingerprint density at radius 3 is 2.07 bits per heavy atom.